The molecule has 0 saturated heterocycles. The van der Waals surface area contributed by atoms with Crippen LogP contribution < -0.4 is 0 Å². The van der Waals surface area contributed by atoms with Crippen LogP contribution in [-0.4, -0.2) is 35.9 Å². The molecule has 0 bridgehead atoms. The molecule has 0 aliphatic carbocycles. The fourth-order valence-electron chi connectivity index (χ4n) is 1.80. The van der Waals surface area contributed by atoms with E-state index in [1.165, 1.54) is 0 Å². The molecule has 0 aliphatic rings. The van der Waals surface area contributed by atoms with Gasteiger partial charge in [-0.05, 0) is 30.4 Å². The van der Waals surface area contributed by atoms with Crippen molar-refractivity contribution in [2.24, 2.45) is 0 Å². The Hall–Kier alpha value is -0.670. The molecule has 0 aliphatic heterocycles. The first kappa shape index (κ1) is 15.4. The fraction of sp³-hybridized carbons (Fsp3) is 0.500. The van der Waals surface area contributed by atoms with Crippen LogP contribution in [0.1, 0.15) is 29.3 Å². The van der Waals surface area contributed by atoms with Crippen molar-refractivity contribution in [2.45, 2.75) is 25.3 Å². The van der Waals surface area contributed by atoms with Crippen LogP contribution in [0, 0.1) is 0 Å². The molecule has 0 fully saturated rings. The maximum Gasteiger partial charge on any atom is 0.253 e. The van der Waals surface area contributed by atoms with E-state index in [1.54, 1.807) is 11.8 Å². The first-order valence-corrected chi connectivity index (χ1v) is 7.97. The van der Waals surface area contributed by atoms with Crippen LogP contribution in [0.15, 0.2) is 24.3 Å². The second-order valence-corrected chi connectivity index (χ2v) is 5.44. The summed E-state index contributed by atoms with van der Waals surface area (Å²) in [6.07, 6.45) is 3.04. The van der Waals surface area contributed by atoms with Gasteiger partial charge >= 0.3 is 0 Å². The van der Waals surface area contributed by atoms with Gasteiger partial charge in [0.25, 0.3) is 5.91 Å². The highest BCUT2D eigenvalue weighted by Crippen LogP contribution is 2.14. The highest BCUT2D eigenvalue weighted by atomic mass is 35.5. The SMILES string of the molecule is CCC(CSC)N(C)C(=O)c1ccc(CCl)cc1. The predicted molar refractivity (Wildman–Crippen MR) is 80.6 cm³/mol. The van der Waals surface area contributed by atoms with Crippen molar-refractivity contribution in [1.29, 1.82) is 0 Å². The molecule has 18 heavy (non-hydrogen) atoms. The van der Waals surface area contributed by atoms with Crippen molar-refractivity contribution in [1.82, 2.24) is 4.90 Å². The quantitative estimate of drug-likeness (QED) is 0.744. The first-order valence-electron chi connectivity index (χ1n) is 6.05. The average Bonchev–Trinajstić information content (AvgIpc) is 2.43. The molecule has 0 aromatic heterocycles. The monoisotopic (exact) mass is 285 g/mol. The van der Waals surface area contributed by atoms with Gasteiger partial charge in [0.15, 0.2) is 0 Å². The second kappa shape index (κ2) is 7.70. The van der Waals surface area contributed by atoms with Crippen molar-refractivity contribution < 1.29 is 4.79 Å². The van der Waals surface area contributed by atoms with Crippen molar-refractivity contribution in [3.8, 4) is 0 Å². The number of carbonyl (C=O) groups is 1. The number of nitrogens with zero attached hydrogens (tertiary/aromatic N) is 1. The zero-order chi connectivity index (χ0) is 13.5. The summed E-state index contributed by atoms with van der Waals surface area (Å²) in [5.41, 5.74) is 1.76. The minimum Gasteiger partial charge on any atom is -0.338 e. The highest BCUT2D eigenvalue weighted by molar-refractivity contribution is 7.98. The minimum atomic E-state index is 0.0806. The summed E-state index contributed by atoms with van der Waals surface area (Å²) in [4.78, 5) is 14.1. The van der Waals surface area contributed by atoms with Gasteiger partial charge in [0.05, 0.1) is 0 Å². The lowest BCUT2D eigenvalue weighted by Gasteiger charge is -2.26. The van der Waals surface area contributed by atoms with E-state index in [0.29, 0.717) is 11.9 Å². The topological polar surface area (TPSA) is 20.3 Å². The molecular formula is C14H20ClNOS. The van der Waals surface area contributed by atoms with E-state index in [4.69, 9.17) is 11.6 Å². The van der Waals surface area contributed by atoms with E-state index in [2.05, 4.69) is 13.2 Å². The molecule has 2 nitrogen and oxygen atoms in total. The standard InChI is InChI=1S/C14H20ClNOS/c1-4-13(10-18-3)16(2)14(17)12-7-5-11(9-15)6-8-12/h5-8,13H,4,9-10H2,1-3H3. The lowest BCUT2D eigenvalue weighted by Crippen LogP contribution is -2.38. The molecular weight excluding hydrogens is 266 g/mol. The molecule has 1 aromatic rings. The Morgan fingerprint density at radius 3 is 2.44 bits per heavy atom. The zero-order valence-corrected chi connectivity index (χ0v) is 12.7. The van der Waals surface area contributed by atoms with Crippen LogP contribution in [0.5, 0.6) is 0 Å². The Bertz CT molecular complexity index is 380. The molecule has 4 heteroatoms. The molecule has 0 saturated carbocycles. The maximum atomic E-state index is 12.3. The normalized spacial score (nSPS) is 12.2. The molecule has 1 aromatic carbocycles. The van der Waals surface area contributed by atoms with Crippen LogP contribution in [0.25, 0.3) is 0 Å². The van der Waals surface area contributed by atoms with Crippen LogP contribution in [0.4, 0.5) is 0 Å². The number of carbonyl (C=O) groups excluding carboxylic acids is 1. The number of hydrogen-bond donors (Lipinski definition) is 0. The van der Waals surface area contributed by atoms with E-state index in [0.717, 1.165) is 23.3 Å². The van der Waals surface area contributed by atoms with Gasteiger partial charge in [-0.1, -0.05) is 19.1 Å². The summed E-state index contributed by atoms with van der Waals surface area (Å²) < 4.78 is 0. The van der Waals surface area contributed by atoms with Gasteiger partial charge in [-0.15, -0.1) is 11.6 Å². The third-order valence-corrected chi connectivity index (χ3v) is 4.08. The lowest BCUT2D eigenvalue weighted by atomic mass is 10.1. The smallest absolute Gasteiger partial charge is 0.253 e. The minimum absolute atomic E-state index is 0.0806. The van der Waals surface area contributed by atoms with Crippen LogP contribution in [-0.2, 0) is 5.88 Å². The highest BCUT2D eigenvalue weighted by Gasteiger charge is 2.19. The third kappa shape index (κ3) is 3.92. The summed E-state index contributed by atoms with van der Waals surface area (Å²) in [5, 5.41) is 0. The van der Waals surface area contributed by atoms with Crippen molar-refractivity contribution >= 4 is 29.3 Å². The molecule has 1 amide bonds. The Morgan fingerprint density at radius 1 is 1.39 bits per heavy atom. The summed E-state index contributed by atoms with van der Waals surface area (Å²) in [7, 11) is 1.88. The number of halogens is 1. The molecule has 0 heterocycles. The Balaban J connectivity index is 2.78. The van der Waals surface area contributed by atoms with Gasteiger partial charge < -0.3 is 4.90 Å². The van der Waals surface area contributed by atoms with E-state index in [9.17, 15) is 4.79 Å². The van der Waals surface area contributed by atoms with E-state index >= 15 is 0 Å². The summed E-state index contributed by atoms with van der Waals surface area (Å²) in [6.45, 7) is 2.11. The van der Waals surface area contributed by atoms with Gasteiger partial charge in [-0.25, -0.2) is 0 Å². The number of amides is 1. The largest absolute Gasteiger partial charge is 0.338 e. The average molecular weight is 286 g/mol. The molecule has 0 radical (unpaired) electrons. The van der Waals surface area contributed by atoms with E-state index < -0.39 is 0 Å². The second-order valence-electron chi connectivity index (χ2n) is 4.26. The molecule has 1 unspecified atom stereocenters. The molecule has 100 valence electrons. The van der Waals surface area contributed by atoms with Gasteiger partial charge in [0.2, 0.25) is 0 Å². The molecule has 1 atom stereocenters. The van der Waals surface area contributed by atoms with Crippen molar-refractivity contribution in [2.75, 3.05) is 19.1 Å². The van der Waals surface area contributed by atoms with Gasteiger partial charge in [0, 0.05) is 30.3 Å². The number of rotatable bonds is 6. The summed E-state index contributed by atoms with van der Waals surface area (Å²) in [5.74, 6) is 1.53. The number of thioether (sulfide) groups is 1. The van der Waals surface area contributed by atoms with Crippen molar-refractivity contribution in [3.63, 3.8) is 0 Å². The molecule has 0 N–H and O–H groups in total. The van der Waals surface area contributed by atoms with Crippen LogP contribution >= 0.6 is 23.4 Å². The van der Waals surface area contributed by atoms with Crippen LogP contribution in [0.3, 0.4) is 0 Å². The van der Waals surface area contributed by atoms with E-state index in [1.807, 2.05) is 36.2 Å². The Kier molecular flexibility index (Phi) is 6.58. The first-order chi connectivity index (χ1) is 8.63. The van der Waals surface area contributed by atoms with Gasteiger partial charge in [-0.2, -0.15) is 11.8 Å². The van der Waals surface area contributed by atoms with Crippen LogP contribution in [0.2, 0.25) is 0 Å². The van der Waals surface area contributed by atoms with Gasteiger partial charge in [0.1, 0.15) is 0 Å². The lowest BCUT2D eigenvalue weighted by molar-refractivity contribution is 0.0743. The van der Waals surface area contributed by atoms with Crippen molar-refractivity contribution in [3.05, 3.63) is 35.4 Å². The Morgan fingerprint density at radius 2 is 2.00 bits per heavy atom. The maximum absolute atomic E-state index is 12.3. The predicted octanol–water partition coefficient (Wildman–Crippen LogP) is 3.64. The van der Waals surface area contributed by atoms with Gasteiger partial charge in [-0.3, -0.25) is 4.79 Å². The summed E-state index contributed by atoms with van der Waals surface area (Å²) >= 11 is 7.51. The number of alkyl halides is 1. The summed E-state index contributed by atoms with van der Waals surface area (Å²) in [6, 6.07) is 7.80. The number of hydrogen-bond acceptors (Lipinski definition) is 2. The molecule has 1 rings (SSSR count). The number of benzene rings is 1. The fourth-order valence-corrected chi connectivity index (χ4v) is 2.82. The Labute approximate surface area is 119 Å². The third-order valence-electron chi connectivity index (χ3n) is 3.05. The molecule has 0 spiro atoms. The zero-order valence-electron chi connectivity index (χ0n) is 11.1. The van der Waals surface area contributed by atoms with E-state index in [-0.39, 0.29) is 5.91 Å².